The van der Waals surface area contributed by atoms with Crippen LogP contribution in [0.2, 0.25) is 5.02 Å². The molecule has 4 heteroatoms. The van der Waals surface area contributed by atoms with E-state index in [1.54, 1.807) is 25.6 Å². The van der Waals surface area contributed by atoms with Crippen LogP contribution in [0, 0.1) is 0 Å². The number of nitrogens with two attached hydrogens (primary N) is 1. The molecule has 1 atom stereocenters. The highest BCUT2D eigenvalue weighted by Crippen LogP contribution is 2.17. The first-order valence-electron chi connectivity index (χ1n) is 3.61. The van der Waals surface area contributed by atoms with Crippen LogP contribution in [0.1, 0.15) is 11.7 Å². The predicted molar refractivity (Wildman–Crippen MR) is 48.1 cm³/mol. The van der Waals surface area contributed by atoms with E-state index >= 15 is 0 Å². The van der Waals surface area contributed by atoms with E-state index in [-0.39, 0.29) is 6.10 Å². The maximum atomic E-state index is 5.74. The first-order valence-corrected chi connectivity index (χ1v) is 3.99. The Morgan fingerprint density at radius 2 is 2.42 bits per heavy atom. The minimum absolute atomic E-state index is 0.115. The Bertz CT molecular complexity index is 251. The summed E-state index contributed by atoms with van der Waals surface area (Å²) < 4.78 is 5.12. The highest BCUT2D eigenvalue weighted by Gasteiger charge is 2.07. The summed E-state index contributed by atoms with van der Waals surface area (Å²) in [5.74, 6) is 0. The number of ether oxygens (including phenoxy) is 1. The summed E-state index contributed by atoms with van der Waals surface area (Å²) in [6.45, 7) is 0.429. The van der Waals surface area contributed by atoms with Crippen molar-refractivity contribution in [1.29, 1.82) is 0 Å². The second-order valence-corrected chi connectivity index (χ2v) is 2.83. The molecule has 0 aliphatic heterocycles. The first kappa shape index (κ1) is 9.45. The quantitative estimate of drug-likeness (QED) is 0.776. The SMILES string of the molecule is COC(CN)c1cncc(Cl)c1. The summed E-state index contributed by atoms with van der Waals surface area (Å²) in [5.41, 5.74) is 6.38. The van der Waals surface area contributed by atoms with Gasteiger partial charge in [0.05, 0.1) is 11.1 Å². The first-order chi connectivity index (χ1) is 5.77. The molecule has 0 amide bonds. The molecular weight excluding hydrogens is 176 g/mol. The Kier molecular flexibility index (Phi) is 3.47. The number of nitrogens with zero attached hydrogens (tertiary/aromatic N) is 1. The smallest absolute Gasteiger partial charge is 0.0958 e. The zero-order valence-electron chi connectivity index (χ0n) is 6.83. The number of hydrogen-bond donors (Lipinski definition) is 1. The molecule has 0 aliphatic carbocycles. The van der Waals surface area contributed by atoms with Crippen LogP contribution in [-0.2, 0) is 4.74 Å². The Hall–Kier alpha value is -0.640. The van der Waals surface area contributed by atoms with Gasteiger partial charge in [-0.1, -0.05) is 11.6 Å². The van der Waals surface area contributed by atoms with Crippen LogP contribution in [0.4, 0.5) is 0 Å². The van der Waals surface area contributed by atoms with Crippen LogP contribution in [0.5, 0.6) is 0 Å². The Morgan fingerprint density at radius 3 is 2.92 bits per heavy atom. The lowest BCUT2D eigenvalue weighted by atomic mass is 10.2. The summed E-state index contributed by atoms with van der Waals surface area (Å²) in [7, 11) is 1.61. The Labute approximate surface area is 76.5 Å². The van der Waals surface area contributed by atoms with Crippen molar-refractivity contribution in [2.45, 2.75) is 6.10 Å². The second-order valence-electron chi connectivity index (χ2n) is 2.40. The van der Waals surface area contributed by atoms with Gasteiger partial charge in [-0.2, -0.15) is 0 Å². The van der Waals surface area contributed by atoms with E-state index in [4.69, 9.17) is 22.1 Å². The van der Waals surface area contributed by atoms with E-state index < -0.39 is 0 Å². The number of rotatable bonds is 3. The summed E-state index contributed by atoms with van der Waals surface area (Å²) in [6.07, 6.45) is 3.16. The summed E-state index contributed by atoms with van der Waals surface area (Å²) in [4.78, 5) is 3.93. The fourth-order valence-electron chi connectivity index (χ4n) is 0.973. The number of hydrogen-bond acceptors (Lipinski definition) is 3. The van der Waals surface area contributed by atoms with Gasteiger partial charge < -0.3 is 10.5 Å². The van der Waals surface area contributed by atoms with E-state index in [1.165, 1.54) is 0 Å². The lowest BCUT2D eigenvalue weighted by Crippen LogP contribution is -2.14. The lowest BCUT2D eigenvalue weighted by Gasteiger charge is -2.12. The van der Waals surface area contributed by atoms with E-state index in [9.17, 15) is 0 Å². The van der Waals surface area contributed by atoms with Crippen molar-refractivity contribution >= 4 is 11.6 Å². The van der Waals surface area contributed by atoms with Gasteiger partial charge in [0.2, 0.25) is 0 Å². The number of methoxy groups -OCH3 is 1. The molecule has 0 bridgehead atoms. The van der Waals surface area contributed by atoms with Crippen LogP contribution in [0.25, 0.3) is 0 Å². The third kappa shape index (κ3) is 2.17. The number of aromatic nitrogens is 1. The van der Waals surface area contributed by atoms with Crippen molar-refractivity contribution < 1.29 is 4.74 Å². The monoisotopic (exact) mass is 186 g/mol. The van der Waals surface area contributed by atoms with E-state index in [1.807, 2.05) is 0 Å². The van der Waals surface area contributed by atoms with Gasteiger partial charge in [0, 0.05) is 31.6 Å². The molecule has 0 radical (unpaired) electrons. The van der Waals surface area contributed by atoms with Crippen LogP contribution >= 0.6 is 11.6 Å². The van der Waals surface area contributed by atoms with Crippen molar-refractivity contribution in [2.24, 2.45) is 5.73 Å². The fourth-order valence-corrected chi connectivity index (χ4v) is 1.16. The zero-order valence-corrected chi connectivity index (χ0v) is 7.58. The second kappa shape index (κ2) is 4.40. The van der Waals surface area contributed by atoms with Crippen LogP contribution < -0.4 is 5.73 Å². The van der Waals surface area contributed by atoms with E-state index in [0.717, 1.165) is 5.56 Å². The molecule has 0 aliphatic rings. The summed E-state index contributed by atoms with van der Waals surface area (Å²) in [6, 6.07) is 1.80. The summed E-state index contributed by atoms with van der Waals surface area (Å²) >= 11 is 5.74. The lowest BCUT2D eigenvalue weighted by molar-refractivity contribution is 0.110. The molecule has 0 saturated carbocycles. The normalized spacial score (nSPS) is 12.9. The van der Waals surface area contributed by atoms with Gasteiger partial charge in [-0.15, -0.1) is 0 Å². The van der Waals surface area contributed by atoms with E-state index in [0.29, 0.717) is 11.6 Å². The van der Waals surface area contributed by atoms with Crippen molar-refractivity contribution in [2.75, 3.05) is 13.7 Å². The molecular formula is C8H11ClN2O. The van der Waals surface area contributed by atoms with E-state index in [2.05, 4.69) is 4.98 Å². The van der Waals surface area contributed by atoms with Gasteiger partial charge in [0.1, 0.15) is 0 Å². The highest BCUT2D eigenvalue weighted by molar-refractivity contribution is 6.30. The van der Waals surface area contributed by atoms with Gasteiger partial charge in [-0.25, -0.2) is 0 Å². The van der Waals surface area contributed by atoms with Gasteiger partial charge in [-0.05, 0) is 6.07 Å². The molecule has 3 nitrogen and oxygen atoms in total. The standard InChI is InChI=1S/C8H11ClN2O/c1-12-8(3-10)6-2-7(9)5-11-4-6/h2,4-5,8H,3,10H2,1H3. The maximum Gasteiger partial charge on any atom is 0.0958 e. The average molecular weight is 187 g/mol. The fraction of sp³-hybridized carbons (Fsp3) is 0.375. The highest BCUT2D eigenvalue weighted by atomic mass is 35.5. The van der Waals surface area contributed by atoms with Crippen LogP contribution in [-0.4, -0.2) is 18.6 Å². The van der Waals surface area contributed by atoms with Gasteiger partial charge in [0.25, 0.3) is 0 Å². The van der Waals surface area contributed by atoms with Gasteiger partial charge >= 0.3 is 0 Å². The molecule has 1 heterocycles. The van der Waals surface area contributed by atoms with Gasteiger partial charge in [0.15, 0.2) is 0 Å². The minimum Gasteiger partial charge on any atom is -0.375 e. The largest absolute Gasteiger partial charge is 0.375 e. The zero-order chi connectivity index (χ0) is 8.97. The maximum absolute atomic E-state index is 5.74. The molecule has 1 unspecified atom stereocenters. The Balaban J connectivity index is 2.85. The average Bonchev–Trinajstić information content (AvgIpc) is 2.07. The van der Waals surface area contributed by atoms with Crippen LogP contribution in [0.3, 0.4) is 0 Å². The molecule has 0 spiro atoms. The van der Waals surface area contributed by atoms with Crippen molar-refractivity contribution in [3.63, 3.8) is 0 Å². The number of halogens is 1. The predicted octanol–water partition coefficient (Wildman–Crippen LogP) is 1.38. The third-order valence-electron chi connectivity index (χ3n) is 1.60. The van der Waals surface area contributed by atoms with Crippen LogP contribution in [0.15, 0.2) is 18.5 Å². The topological polar surface area (TPSA) is 48.1 Å². The molecule has 0 fully saturated rings. The number of pyridine rings is 1. The molecule has 12 heavy (non-hydrogen) atoms. The van der Waals surface area contributed by atoms with Gasteiger partial charge in [-0.3, -0.25) is 4.98 Å². The molecule has 1 rings (SSSR count). The minimum atomic E-state index is -0.115. The Morgan fingerprint density at radius 1 is 1.67 bits per heavy atom. The van der Waals surface area contributed by atoms with Crippen molar-refractivity contribution in [3.05, 3.63) is 29.0 Å². The van der Waals surface area contributed by atoms with Crippen molar-refractivity contribution in [1.82, 2.24) is 4.98 Å². The molecule has 2 N–H and O–H groups in total. The molecule has 0 saturated heterocycles. The third-order valence-corrected chi connectivity index (χ3v) is 1.80. The molecule has 0 aromatic carbocycles. The van der Waals surface area contributed by atoms with Crippen molar-refractivity contribution in [3.8, 4) is 0 Å². The molecule has 1 aromatic heterocycles. The molecule has 1 aromatic rings. The molecule has 66 valence electrons. The summed E-state index contributed by atoms with van der Waals surface area (Å²) in [5, 5.41) is 0.600.